The summed E-state index contributed by atoms with van der Waals surface area (Å²) >= 11 is 0. The SMILES string of the molecule is CC=CCC(=O)N[C@@H]1C[C@@H](C(=O)NCC)N(C(=O)c2ccc(CO)cc2)C1. The summed E-state index contributed by atoms with van der Waals surface area (Å²) in [5, 5.41) is 14.8. The topological polar surface area (TPSA) is 98.7 Å². The van der Waals surface area contributed by atoms with Gasteiger partial charge in [-0.2, -0.15) is 0 Å². The van der Waals surface area contributed by atoms with Gasteiger partial charge in [0.15, 0.2) is 0 Å². The zero-order valence-corrected chi connectivity index (χ0v) is 15.8. The molecule has 0 saturated carbocycles. The van der Waals surface area contributed by atoms with Crippen LogP contribution in [0.5, 0.6) is 0 Å². The van der Waals surface area contributed by atoms with E-state index in [1.807, 2.05) is 13.8 Å². The summed E-state index contributed by atoms with van der Waals surface area (Å²) in [4.78, 5) is 38.9. The number of nitrogens with one attached hydrogen (secondary N) is 2. The van der Waals surface area contributed by atoms with E-state index >= 15 is 0 Å². The summed E-state index contributed by atoms with van der Waals surface area (Å²) < 4.78 is 0. The first-order valence-electron chi connectivity index (χ1n) is 9.19. The Morgan fingerprint density at radius 3 is 2.56 bits per heavy atom. The molecule has 1 aliphatic rings. The van der Waals surface area contributed by atoms with Gasteiger partial charge in [-0.1, -0.05) is 24.3 Å². The van der Waals surface area contributed by atoms with Gasteiger partial charge in [0.2, 0.25) is 11.8 Å². The molecule has 0 spiro atoms. The van der Waals surface area contributed by atoms with Crippen LogP contribution in [0, 0.1) is 0 Å². The molecule has 7 heteroatoms. The molecule has 3 amide bonds. The van der Waals surface area contributed by atoms with Crippen LogP contribution in [0.2, 0.25) is 0 Å². The molecule has 1 heterocycles. The minimum Gasteiger partial charge on any atom is -0.392 e. The van der Waals surface area contributed by atoms with Crippen molar-refractivity contribution in [3.8, 4) is 0 Å². The molecule has 0 unspecified atom stereocenters. The molecule has 1 fully saturated rings. The number of likely N-dealkylation sites (tertiary alicyclic amines) is 1. The first-order chi connectivity index (χ1) is 13.0. The lowest BCUT2D eigenvalue weighted by atomic mass is 10.1. The third-order valence-electron chi connectivity index (χ3n) is 4.50. The number of allylic oxidation sites excluding steroid dienone is 1. The Morgan fingerprint density at radius 1 is 1.26 bits per heavy atom. The molecular weight excluding hydrogens is 346 g/mol. The van der Waals surface area contributed by atoms with Crippen molar-refractivity contribution in [1.29, 1.82) is 0 Å². The van der Waals surface area contributed by atoms with Crippen molar-refractivity contribution in [3.63, 3.8) is 0 Å². The zero-order valence-electron chi connectivity index (χ0n) is 15.8. The summed E-state index contributed by atoms with van der Waals surface area (Å²) in [7, 11) is 0. The van der Waals surface area contributed by atoms with Crippen molar-refractivity contribution in [2.45, 2.75) is 45.4 Å². The molecule has 2 atom stereocenters. The normalized spacial score (nSPS) is 19.3. The van der Waals surface area contributed by atoms with Crippen LogP contribution < -0.4 is 10.6 Å². The minimum absolute atomic E-state index is 0.0972. The zero-order chi connectivity index (χ0) is 19.8. The van der Waals surface area contributed by atoms with Crippen molar-refractivity contribution in [2.75, 3.05) is 13.1 Å². The van der Waals surface area contributed by atoms with E-state index in [1.54, 1.807) is 36.4 Å². The molecule has 0 bridgehead atoms. The number of rotatable bonds is 7. The van der Waals surface area contributed by atoms with Crippen LogP contribution >= 0.6 is 0 Å². The fourth-order valence-electron chi connectivity index (χ4n) is 3.14. The van der Waals surface area contributed by atoms with E-state index in [-0.39, 0.29) is 43.3 Å². The molecule has 1 aromatic carbocycles. The summed E-state index contributed by atoms with van der Waals surface area (Å²) in [5.41, 5.74) is 1.16. The highest BCUT2D eigenvalue weighted by molar-refractivity contribution is 5.98. The van der Waals surface area contributed by atoms with Gasteiger partial charge in [0.1, 0.15) is 6.04 Å². The molecular formula is C20H27N3O4. The van der Waals surface area contributed by atoms with E-state index in [1.165, 1.54) is 4.90 Å². The average molecular weight is 373 g/mol. The molecule has 7 nitrogen and oxygen atoms in total. The van der Waals surface area contributed by atoms with E-state index in [0.29, 0.717) is 24.1 Å². The highest BCUT2D eigenvalue weighted by Crippen LogP contribution is 2.21. The van der Waals surface area contributed by atoms with Crippen LogP contribution in [0.4, 0.5) is 0 Å². The van der Waals surface area contributed by atoms with Gasteiger partial charge in [-0.15, -0.1) is 0 Å². The van der Waals surface area contributed by atoms with Crippen LogP contribution in [-0.2, 0) is 16.2 Å². The molecule has 3 N–H and O–H groups in total. The largest absolute Gasteiger partial charge is 0.392 e. The standard InChI is InChI=1S/C20H27N3O4/c1-3-5-6-18(25)22-16-11-17(19(26)21-4-2)23(12-16)20(27)15-9-7-14(13-24)8-10-15/h3,5,7-10,16-17,24H,4,6,11-13H2,1-2H3,(H,21,26)(H,22,25)/t16-,17+/m1/s1. The van der Waals surface area contributed by atoms with Gasteiger partial charge in [0.05, 0.1) is 6.61 Å². The number of hydrogen-bond donors (Lipinski definition) is 3. The van der Waals surface area contributed by atoms with Crippen molar-refractivity contribution in [3.05, 3.63) is 47.5 Å². The molecule has 2 rings (SSSR count). The summed E-state index contributed by atoms with van der Waals surface area (Å²) in [6.07, 6.45) is 4.22. The number of benzene rings is 1. The number of aliphatic hydroxyl groups excluding tert-OH is 1. The number of carbonyl (C=O) groups excluding carboxylic acids is 3. The van der Waals surface area contributed by atoms with Crippen molar-refractivity contribution >= 4 is 17.7 Å². The number of aliphatic hydroxyl groups is 1. The van der Waals surface area contributed by atoms with Crippen LogP contribution in [0.25, 0.3) is 0 Å². The van der Waals surface area contributed by atoms with Crippen LogP contribution in [0.15, 0.2) is 36.4 Å². The maximum atomic E-state index is 12.9. The number of carbonyl (C=O) groups is 3. The highest BCUT2D eigenvalue weighted by Gasteiger charge is 2.40. The first kappa shape index (κ1) is 20.6. The molecule has 1 saturated heterocycles. The van der Waals surface area contributed by atoms with E-state index in [4.69, 9.17) is 5.11 Å². The van der Waals surface area contributed by atoms with E-state index in [2.05, 4.69) is 10.6 Å². The lowest BCUT2D eigenvalue weighted by Gasteiger charge is -2.23. The third kappa shape index (κ3) is 5.40. The second-order valence-electron chi connectivity index (χ2n) is 6.50. The predicted molar refractivity (Wildman–Crippen MR) is 102 cm³/mol. The fraction of sp³-hybridized carbons (Fsp3) is 0.450. The monoisotopic (exact) mass is 373 g/mol. The maximum absolute atomic E-state index is 12.9. The van der Waals surface area contributed by atoms with E-state index in [9.17, 15) is 14.4 Å². The van der Waals surface area contributed by atoms with Gasteiger partial charge in [-0.05, 0) is 38.0 Å². The lowest BCUT2D eigenvalue weighted by molar-refractivity contribution is -0.125. The first-order valence-corrected chi connectivity index (χ1v) is 9.19. The maximum Gasteiger partial charge on any atom is 0.254 e. The van der Waals surface area contributed by atoms with Crippen LogP contribution in [0.1, 0.15) is 42.6 Å². The average Bonchev–Trinajstić information content (AvgIpc) is 3.09. The van der Waals surface area contributed by atoms with Gasteiger partial charge in [-0.25, -0.2) is 0 Å². The molecule has 0 aromatic heterocycles. The summed E-state index contributed by atoms with van der Waals surface area (Å²) in [5.74, 6) is -0.613. The Bertz CT molecular complexity index is 700. The van der Waals surface area contributed by atoms with E-state index in [0.717, 1.165) is 0 Å². The number of likely N-dealkylation sites (N-methyl/N-ethyl adjacent to an activating group) is 1. The van der Waals surface area contributed by atoms with Gasteiger partial charge in [-0.3, -0.25) is 14.4 Å². The Morgan fingerprint density at radius 2 is 1.96 bits per heavy atom. The predicted octanol–water partition coefficient (Wildman–Crippen LogP) is 0.980. The smallest absolute Gasteiger partial charge is 0.254 e. The Balaban J connectivity index is 2.14. The number of hydrogen-bond acceptors (Lipinski definition) is 4. The molecule has 0 radical (unpaired) electrons. The third-order valence-corrected chi connectivity index (χ3v) is 4.50. The van der Waals surface area contributed by atoms with Crippen molar-refractivity contribution < 1.29 is 19.5 Å². The molecule has 27 heavy (non-hydrogen) atoms. The van der Waals surface area contributed by atoms with E-state index < -0.39 is 6.04 Å². The molecule has 146 valence electrons. The second-order valence-corrected chi connectivity index (χ2v) is 6.50. The van der Waals surface area contributed by atoms with Gasteiger partial charge in [0.25, 0.3) is 5.91 Å². The molecule has 1 aromatic rings. The Labute approximate surface area is 159 Å². The van der Waals surface area contributed by atoms with Gasteiger partial charge in [0, 0.05) is 31.1 Å². The molecule has 0 aliphatic carbocycles. The van der Waals surface area contributed by atoms with Crippen LogP contribution in [0.3, 0.4) is 0 Å². The van der Waals surface area contributed by atoms with Crippen LogP contribution in [-0.4, -0.2) is 52.9 Å². The van der Waals surface area contributed by atoms with Gasteiger partial charge >= 0.3 is 0 Å². The molecule has 1 aliphatic heterocycles. The van der Waals surface area contributed by atoms with Crippen molar-refractivity contribution in [1.82, 2.24) is 15.5 Å². The second kappa shape index (κ2) is 9.87. The summed E-state index contributed by atoms with van der Waals surface area (Å²) in [6.45, 7) is 4.32. The minimum atomic E-state index is -0.623. The highest BCUT2D eigenvalue weighted by atomic mass is 16.3. The fourth-order valence-corrected chi connectivity index (χ4v) is 3.14. The lowest BCUT2D eigenvalue weighted by Crippen LogP contribution is -2.46. The van der Waals surface area contributed by atoms with Crippen molar-refractivity contribution in [2.24, 2.45) is 0 Å². The van der Waals surface area contributed by atoms with Gasteiger partial charge < -0.3 is 20.6 Å². The quantitative estimate of drug-likeness (QED) is 0.621. The summed E-state index contributed by atoms with van der Waals surface area (Å²) in [6, 6.07) is 5.75. The number of amides is 3. The number of nitrogens with zero attached hydrogens (tertiary/aromatic N) is 1. The Kier molecular flexibility index (Phi) is 7.55. The Hall–Kier alpha value is -2.67.